The molecule has 1 unspecified atom stereocenters. The van der Waals surface area contributed by atoms with Crippen LogP contribution in [0.25, 0.3) is 0 Å². The minimum absolute atomic E-state index is 0.366. The topological polar surface area (TPSA) is 63.4 Å². The third kappa shape index (κ3) is 5.39. The Morgan fingerprint density at radius 2 is 2.07 bits per heavy atom. The normalized spacial score (nSPS) is 12.3. The highest BCUT2D eigenvalue weighted by atomic mass is 32.2. The second-order valence-corrected chi connectivity index (χ2v) is 4.29. The molecule has 0 saturated heterocycles. The Bertz CT molecular complexity index is 305. The number of nitrogens with zero attached hydrogens (tertiary/aromatic N) is 1. The third-order valence-electron chi connectivity index (χ3n) is 1.82. The lowest BCUT2D eigenvalue weighted by atomic mass is 10.3. The molecular weight excluding hydrogens is 214 g/mol. The van der Waals surface area contributed by atoms with E-state index in [0.717, 1.165) is 4.90 Å². The van der Waals surface area contributed by atoms with Gasteiger partial charge >= 0.3 is 0 Å². The minimum atomic E-state index is -0.837. The molecule has 0 heterocycles. The van der Waals surface area contributed by atoms with Crippen LogP contribution in [0.1, 0.15) is 6.42 Å². The lowest BCUT2D eigenvalue weighted by molar-refractivity contribution is -0.490. The van der Waals surface area contributed by atoms with E-state index in [-0.39, 0.29) is 6.54 Å². The van der Waals surface area contributed by atoms with Gasteiger partial charge in [-0.1, -0.05) is 18.2 Å². The Hall–Kier alpha value is -1.07. The summed E-state index contributed by atoms with van der Waals surface area (Å²) in [6, 6.07) is 9.77. The van der Waals surface area contributed by atoms with E-state index in [4.69, 9.17) is 0 Å². The van der Waals surface area contributed by atoms with Gasteiger partial charge in [0.25, 0.3) is 0 Å². The molecule has 0 spiro atoms. The standard InChI is InChI=1S/C10H13NO3S/c12-9(8-11(13)14)6-7-15-10-4-2-1-3-5-10/h1-5,9,12H,6-8H2. The fraction of sp³-hybridized carbons (Fsp3) is 0.400. The van der Waals surface area contributed by atoms with Crippen LogP contribution in [0.15, 0.2) is 35.2 Å². The van der Waals surface area contributed by atoms with Crippen molar-refractivity contribution in [3.8, 4) is 0 Å². The Kier molecular flexibility index (Phi) is 5.14. The number of rotatable bonds is 6. The third-order valence-corrected chi connectivity index (χ3v) is 2.87. The average Bonchev–Trinajstić information content (AvgIpc) is 2.18. The number of aliphatic hydroxyl groups is 1. The van der Waals surface area contributed by atoms with Crippen molar-refractivity contribution in [3.63, 3.8) is 0 Å². The van der Waals surface area contributed by atoms with Gasteiger partial charge in [-0.15, -0.1) is 11.8 Å². The van der Waals surface area contributed by atoms with Crippen molar-refractivity contribution >= 4 is 11.8 Å². The lowest BCUT2D eigenvalue weighted by Crippen LogP contribution is -2.19. The van der Waals surface area contributed by atoms with Gasteiger partial charge in [-0.2, -0.15) is 0 Å². The summed E-state index contributed by atoms with van der Waals surface area (Å²) in [5, 5.41) is 19.3. The van der Waals surface area contributed by atoms with E-state index >= 15 is 0 Å². The van der Waals surface area contributed by atoms with Crippen LogP contribution in [0.5, 0.6) is 0 Å². The van der Waals surface area contributed by atoms with Crippen molar-refractivity contribution in [3.05, 3.63) is 40.4 Å². The fourth-order valence-electron chi connectivity index (χ4n) is 1.09. The van der Waals surface area contributed by atoms with Crippen molar-refractivity contribution in [1.82, 2.24) is 0 Å². The van der Waals surface area contributed by atoms with Crippen LogP contribution in [0.4, 0.5) is 0 Å². The van der Waals surface area contributed by atoms with E-state index in [2.05, 4.69) is 0 Å². The van der Waals surface area contributed by atoms with E-state index in [0.29, 0.717) is 12.2 Å². The molecule has 0 aliphatic carbocycles. The number of hydrogen-bond acceptors (Lipinski definition) is 4. The highest BCUT2D eigenvalue weighted by molar-refractivity contribution is 7.99. The van der Waals surface area contributed by atoms with E-state index < -0.39 is 11.0 Å². The van der Waals surface area contributed by atoms with Crippen molar-refractivity contribution in [2.24, 2.45) is 0 Å². The summed E-state index contributed by atoms with van der Waals surface area (Å²) in [6.07, 6.45) is -0.392. The maximum Gasteiger partial charge on any atom is 0.229 e. The van der Waals surface area contributed by atoms with Crippen molar-refractivity contribution in [2.75, 3.05) is 12.3 Å². The predicted molar refractivity (Wildman–Crippen MR) is 59.7 cm³/mol. The van der Waals surface area contributed by atoms with Crippen molar-refractivity contribution in [2.45, 2.75) is 17.4 Å². The average molecular weight is 227 g/mol. The smallest absolute Gasteiger partial charge is 0.229 e. The lowest BCUT2D eigenvalue weighted by Gasteiger charge is -2.05. The first-order valence-electron chi connectivity index (χ1n) is 4.66. The Morgan fingerprint density at radius 1 is 1.40 bits per heavy atom. The largest absolute Gasteiger partial charge is 0.386 e. The summed E-state index contributed by atoms with van der Waals surface area (Å²) in [7, 11) is 0. The molecular formula is C10H13NO3S. The van der Waals surface area contributed by atoms with Crippen molar-refractivity contribution < 1.29 is 10.0 Å². The van der Waals surface area contributed by atoms with Crippen LogP contribution in [0, 0.1) is 10.1 Å². The van der Waals surface area contributed by atoms with Gasteiger partial charge in [-0.3, -0.25) is 10.1 Å². The van der Waals surface area contributed by atoms with Gasteiger partial charge in [0.05, 0.1) is 0 Å². The quantitative estimate of drug-likeness (QED) is 0.457. The Labute approximate surface area is 92.5 Å². The summed E-state index contributed by atoms with van der Waals surface area (Å²) < 4.78 is 0. The molecule has 0 aliphatic rings. The molecule has 15 heavy (non-hydrogen) atoms. The van der Waals surface area contributed by atoms with E-state index in [9.17, 15) is 15.2 Å². The Balaban J connectivity index is 2.19. The zero-order valence-corrected chi connectivity index (χ0v) is 9.02. The molecule has 1 atom stereocenters. The maximum absolute atomic E-state index is 10.1. The second-order valence-electron chi connectivity index (χ2n) is 3.12. The molecule has 5 heteroatoms. The van der Waals surface area contributed by atoms with E-state index in [1.165, 1.54) is 0 Å². The first-order chi connectivity index (χ1) is 7.18. The van der Waals surface area contributed by atoms with E-state index in [1.54, 1.807) is 11.8 Å². The number of benzene rings is 1. The highest BCUT2D eigenvalue weighted by Crippen LogP contribution is 2.18. The highest BCUT2D eigenvalue weighted by Gasteiger charge is 2.10. The fourth-order valence-corrected chi connectivity index (χ4v) is 2.07. The molecule has 0 amide bonds. The van der Waals surface area contributed by atoms with Gasteiger partial charge in [0.15, 0.2) is 0 Å². The molecule has 0 fully saturated rings. The molecule has 0 saturated carbocycles. The molecule has 1 aromatic carbocycles. The van der Waals surface area contributed by atoms with Gasteiger partial charge < -0.3 is 5.11 Å². The molecule has 1 rings (SSSR count). The van der Waals surface area contributed by atoms with Crippen LogP contribution in [0.3, 0.4) is 0 Å². The van der Waals surface area contributed by atoms with Crippen LogP contribution in [-0.2, 0) is 0 Å². The summed E-state index contributed by atoms with van der Waals surface area (Å²) in [5.74, 6) is 0.693. The summed E-state index contributed by atoms with van der Waals surface area (Å²) in [5.41, 5.74) is 0. The van der Waals surface area contributed by atoms with Crippen molar-refractivity contribution in [1.29, 1.82) is 0 Å². The number of thioether (sulfide) groups is 1. The van der Waals surface area contributed by atoms with Gasteiger partial charge in [-0.25, -0.2) is 0 Å². The summed E-state index contributed by atoms with van der Waals surface area (Å²) >= 11 is 1.59. The molecule has 0 bridgehead atoms. The molecule has 1 N–H and O–H groups in total. The SMILES string of the molecule is O=[N+]([O-])CC(O)CCSc1ccccc1. The number of nitro groups is 1. The zero-order chi connectivity index (χ0) is 11.1. The maximum atomic E-state index is 10.1. The van der Waals surface area contributed by atoms with Gasteiger partial charge in [0.1, 0.15) is 6.10 Å². The predicted octanol–water partition coefficient (Wildman–Crippen LogP) is 1.81. The van der Waals surface area contributed by atoms with Crippen LogP contribution < -0.4 is 0 Å². The number of hydrogen-bond donors (Lipinski definition) is 1. The molecule has 1 aromatic rings. The van der Waals surface area contributed by atoms with Gasteiger partial charge in [0.2, 0.25) is 6.54 Å². The molecule has 82 valence electrons. The van der Waals surface area contributed by atoms with Crippen LogP contribution >= 0.6 is 11.8 Å². The Morgan fingerprint density at radius 3 is 2.67 bits per heavy atom. The molecule has 0 aliphatic heterocycles. The van der Waals surface area contributed by atoms with Crippen LogP contribution in [-0.4, -0.2) is 28.4 Å². The molecule has 4 nitrogen and oxygen atoms in total. The first kappa shape index (κ1) is 12.0. The molecule has 0 radical (unpaired) electrons. The molecule has 0 aromatic heterocycles. The monoisotopic (exact) mass is 227 g/mol. The van der Waals surface area contributed by atoms with Crippen LogP contribution in [0.2, 0.25) is 0 Å². The minimum Gasteiger partial charge on any atom is -0.386 e. The first-order valence-corrected chi connectivity index (χ1v) is 5.65. The summed E-state index contributed by atoms with van der Waals surface area (Å²) in [4.78, 5) is 10.7. The van der Waals surface area contributed by atoms with Gasteiger partial charge in [-0.05, 0) is 18.6 Å². The summed E-state index contributed by atoms with van der Waals surface area (Å²) in [6.45, 7) is -0.366. The number of aliphatic hydroxyl groups excluding tert-OH is 1. The second kappa shape index (κ2) is 6.42. The van der Waals surface area contributed by atoms with E-state index in [1.807, 2.05) is 30.3 Å². The van der Waals surface area contributed by atoms with Gasteiger partial charge in [0, 0.05) is 15.6 Å². The zero-order valence-electron chi connectivity index (χ0n) is 8.20.